The number of hydrogen-bond acceptors (Lipinski definition) is 5. The van der Waals surface area contributed by atoms with Crippen LogP contribution in [0.4, 0.5) is 5.95 Å². The van der Waals surface area contributed by atoms with E-state index in [0.29, 0.717) is 16.7 Å². The number of thiophene rings is 1. The third kappa shape index (κ3) is 2.34. The van der Waals surface area contributed by atoms with Crippen molar-refractivity contribution in [1.82, 2.24) is 9.97 Å². The molecule has 6 heteroatoms. The van der Waals surface area contributed by atoms with E-state index in [0.717, 1.165) is 15.8 Å². The minimum Gasteiger partial charge on any atom is -0.438 e. The molecule has 4 nitrogen and oxygen atoms in total. The second-order valence-electron chi connectivity index (χ2n) is 4.04. The molecule has 0 saturated carbocycles. The molecule has 3 rings (SSSR count). The van der Waals surface area contributed by atoms with E-state index in [1.54, 1.807) is 6.07 Å². The Balaban J connectivity index is 2.07. The number of aryl methyl sites for hydroxylation is 1. The van der Waals surface area contributed by atoms with Crippen molar-refractivity contribution in [3.8, 4) is 11.6 Å². The Morgan fingerprint density at radius 1 is 1.26 bits per heavy atom. The fraction of sp³-hybridized carbons (Fsp3) is 0.0769. The molecule has 2 heterocycles. The van der Waals surface area contributed by atoms with Gasteiger partial charge in [0.25, 0.3) is 0 Å². The smallest absolute Gasteiger partial charge is 0.232 e. The molecule has 0 aliphatic rings. The van der Waals surface area contributed by atoms with Crippen molar-refractivity contribution in [3.05, 3.63) is 40.2 Å². The summed E-state index contributed by atoms with van der Waals surface area (Å²) in [5.74, 6) is 1.38. The number of nitrogens with two attached hydrogens (primary N) is 1. The Labute approximate surface area is 118 Å². The van der Waals surface area contributed by atoms with Gasteiger partial charge in [-0.3, -0.25) is 0 Å². The van der Waals surface area contributed by atoms with Gasteiger partial charge < -0.3 is 10.5 Å². The monoisotopic (exact) mass is 291 g/mol. The molecule has 0 saturated heterocycles. The number of fused-ring (bicyclic) bond motifs is 1. The van der Waals surface area contributed by atoms with Gasteiger partial charge in [0.1, 0.15) is 10.6 Å². The van der Waals surface area contributed by atoms with Crippen molar-refractivity contribution in [1.29, 1.82) is 0 Å². The zero-order valence-electron chi connectivity index (χ0n) is 10.1. The molecule has 2 aromatic heterocycles. The molecule has 0 spiro atoms. The fourth-order valence-electron chi connectivity index (χ4n) is 1.75. The van der Waals surface area contributed by atoms with E-state index < -0.39 is 0 Å². The van der Waals surface area contributed by atoms with Crippen molar-refractivity contribution in [2.75, 3.05) is 5.73 Å². The van der Waals surface area contributed by atoms with Crippen LogP contribution in [0.1, 0.15) is 5.56 Å². The molecule has 0 atom stereocenters. The highest BCUT2D eigenvalue weighted by Crippen LogP contribution is 2.32. The van der Waals surface area contributed by atoms with E-state index in [1.165, 1.54) is 11.3 Å². The van der Waals surface area contributed by atoms with Crippen molar-refractivity contribution >= 4 is 39.1 Å². The summed E-state index contributed by atoms with van der Waals surface area (Å²) in [5.41, 5.74) is 6.62. The molecule has 0 bridgehead atoms. The zero-order valence-corrected chi connectivity index (χ0v) is 11.6. The van der Waals surface area contributed by atoms with Crippen molar-refractivity contribution < 1.29 is 4.74 Å². The van der Waals surface area contributed by atoms with E-state index in [-0.39, 0.29) is 5.95 Å². The molecule has 0 fully saturated rings. The maximum Gasteiger partial charge on any atom is 0.232 e. The van der Waals surface area contributed by atoms with Crippen molar-refractivity contribution in [2.45, 2.75) is 6.92 Å². The molecule has 1 aromatic carbocycles. The molecule has 96 valence electrons. The minimum atomic E-state index is 0.205. The maximum absolute atomic E-state index is 5.92. The van der Waals surface area contributed by atoms with Crippen LogP contribution in [0.5, 0.6) is 11.6 Å². The molecule has 0 aliphatic carbocycles. The lowest BCUT2D eigenvalue weighted by Crippen LogP contribution is -1.97. The molecule has 19 heavy (non-hydrogen) atoms. The summed E-state index contributed by atoms with van der Waals surface area (Å²) in [7, 11) is 0. The molecule has 2 N–H and O–H groups in total. The SMILES string of the molecule is Cc1cc(Cl)ccc1Oc1nc(N)nc2sccc12. The van der Waals surface area contributed by atoms with E-state index in [9.17, 15) is 0 Å². The quantitative estimate of drug-likeness (QED) is 0.774. The van der Waals surface area contributed by atoms with E-state index in [1.807, 2.05) is 30.5 Å². The highest BCUT2D eigenvalue weighted by Gasteiger charge is 2.11. The van der Waals surface area contributed by atoms with Crippen LogP contribution in [0, 0.1) is 6.92 Å². The standard InChI is InChI=1S/C13H10ClN3OS/c1-7-6-8(14)2-3-10(7)18-11-9-4-5-19-12(9)17-13(15)16-11/h2-6H,1H3,(H2,15,16,17). The Bertz CT molecular complexity index is 757. The summed E-state index contributed by atoms with van der Waals surface area (Å²) in [6.07, 6.45) is 0. The van der Waals surface area contributed by atoms with Crippen LogP contribution in [-0.4, -0.2) is 9.97 Å². The predicted octanol–water partition coefficient (Wildman–Crippen LogP) is 4.03. The van der Waals surface area contributed by atoms with Crippen LogP contribution in [0.2, 0.25) is 5.02 Å². The summed E-state index contributed by atoms with van der Waals surface area (Å²) >= 11 is 7.42. The summed E-state index contributed by atoms with van der Waals surface area (Å²) in [5, 5.41) is 3.46. The molecule has 3 aromatic rings. The summed E-state index contributed by atoms with van der Waals surface area (Å²) in [6, 6.07) is 7.35. The van der Waals surface area contributed by atoms with Crippen LogP contribution in [0.25, 0.3) is 10.2 Å². The van der Waals surface area contributed by atoms with Gasteiger partial charge in [0.15, 0.2) is 0 Å². The second-order valence-corrected chi connectivity index (χ2v) is 5.37. The first-order valence-corrected chi connectivity index (χ1v) is 6.84. The lowest BCUT2D eigenvalue weighted by molar-refractivity contribution is 0.466. The van der Waals surface area contributed by atoms with Gasteiger partial charge in [-0.1, -0.05) is 11.6 Å². The topological polar surface area (TPSA) is 61.0 Å². The molecule has 0 aliphatic heterocycles. The Hall–Kier alpha value is -1.85. The fourth-order valence-corrected chi connectivity index (χ4v) is 2.74. The number of rotatable bonds is 2. The van der Waals surface area contributed by atoms with E-state index in [4.69, 9.17) is 22.1 Å². The lowest BCUT2D eigenvalue weighted by atomic mass is 10.2. The first-order valence-electron chi connectivity index (χ1n) is 5.58. The number of aromatic nitrogens is 2. The van der Waals surface area contributed by atoms with Crippen molar-refractivity contribution in [3.63, 3.8) is 0 Å². The summed E-state index contributed by atoms with van der Waals surface area (Å²) in [6.45, 7) is 1.93. The second kappa shape index (κ2) is 4.68. The first kappa shape index (κ1) is 12.2. The summed E-state index contributed by atoms with van der Waals surface area (Å²) < 4.78 is 5.83. The third-order valence-corrected chi connectivity index (χ3v) is 3.69. The molecular formula is C13H10ClN3OS. The zero-order chi connectivity index (χ0) is 13.4. The number of ether oxygens (including phenoxy) is 1. The normalized spacial score (nSPS) is 10.8. The Morgan fingerprint density at radius 2 is 2.11 bits per heavy atom. The van der Waals surface area contributed by atoms with Gasteiger partial charge in [0, 0.05) is 5.02 Å². The number of anilines is 1. The molecule has 0 amide bonds. The highest BCUT2D eigenvalue weighted by molar-refractivity contribution is 7.16. The van der Waals surface area contributed by atoms with E-state index >= 15 is 0 Å². The van der Waals surface area contributed by atoms with Gasteiger partial charge in [-0.2, -0.15) is 4.98 Å². The predicted molar refractivity (Wildman–Crippen MR) is 78.1 cm³/mol. The number of nitrogens with zero attached hydrogens (tertiary/aromatic N) is 2. The molecule has 0 radical (unpaired) electrons. The number of halogens is 1. The number of hydrogen-bond donors (Lipinski definition) is 1. The van der Waals surface area contributed by atoms with Crippen LogP contribution in [0.15, 0.2) is 29.6 Å². The lowest BCUT2D eigenvalue weighted by Gasteiger charge is -2.09. The van der Waals surface area contributed by atoms with Crippen molar-refractivity contribution in [2.24, 2.45) is 0 Å². The maximum atomic E-state index is 5.92. The first-order chi connectivity index (χ1) is 9.13. The highest BCUT2D eigenvalue weighted by atomic mass is 35.5. The van der Waals surface area contributed by atoms with Gasteiger partial charge in [0.05, 0.1) is 5.39 Å². The molecular weight excluding hydrogens is 282 g/mol. The molecule has 0 unspecified atom stereocenters. The Kier molecular flexibility index (Phi) is 3.00. The minimum absolute atomic E-state index is 0.205. The number of benzene rings is 1. The van der Waals surface area contributed by atoms with Crippen LogP contribution in [-0.2, 0) is 0 Å². The summed E-state index contributed by atoms with van der Waals surface area (Å²) in [4.78, 5) is 9.12. The Morgan fingerprint density at radius 3 is 2.89 bits per heavy atom. The average Bonchev–Trinajstić information content (AvgIpc) is 2.80. The largest absolute Gasteiger partial charge is 0.438 e. The van der Waals surface area contributed by atoms with Crippen LogP contribution >= 0.6 is 22.9 Å². The average molecular weight is 292 g/mol. The van der Waals surface area contributed by atoms with Gasteiger partial charge in [-0.15, -0.1) is 11.3 Å². The van der Waals surface area contributed by atoms with Gasteiger partial charge in [-0.05, 0) is 42.1 Å². The van der Waals surface area contributed by atoms with Gasteiger partial charge in [-0.25, -0.2) is 4.98 Å². The number of nitrogen functional groups attached to an aromatic ring is 1. The third-order valence-electron chi connectivity index (χ3n) is 2.65. The van der Waals surface area contributed by atoms with Gasteiger partial charge >= 0.3 is 0 Å². The van der Waals surface area contributed by atoms with Gasteiger partial charge in [0.2, 0.25) is 11.8 Å². The van der Waals surface area contributed by atoms with E-state index in [2.05, 4.69) is 9.97 Å². The van der Waals surface area contributed by atoms with Crippen LogP contribution in [0.3, 0.4) is 0 Å². The van der Waals surface area contributed by atoms with Crippen LogP contribution < -0.4 is 10.5 Å².